The molecule has 16 heavy (non-hydrogen) atoms. The first kappa shape index (κ1) is 16.2. The Bertz CT molecular complexity index is 136. The van der Waals surface area contributed by atoms with Crippen molar-refractivity contribution in [3.8, 4) is 0 Å². The van der Waals surface area contributed by atoms with E-state index >= 15 is 0 Å². The molecule has 5 N–H and O–H groups in total. The normalized spacial score (nSPS) is 14.7. The fraction of sp³-hybridized carbons (Fsp3) is 1.00. The van der Waals surface area contributed by atoms with E-state index in [1.165, 1.54) is 0 Å². The van der Waals surface area contributed by atoms with E-state index in [1.54, 1.807) is 0 Å². The van der Waals surface area contributed by atoms with Crippen LogP contribution in [0.1, 0.15) is 0 Å². The molecule has 0 heterocycles. The summed E-state index contributed by atoms with van der Waals surface area (Å²) in [5.41, 5.74) is 0. The van der Waals surface area contributed by atoms with Crippen LogP contribution in [0, 0.1) is 0 Å². The summed E-state index contributed by atoms with van der Waals surface area (Å²) >= 11 is -5.68. The van der Waals surface area contributed by atoms with Crippen LogP contribution in [-0.4, -0.2) is 73.7 Å². The van der Waals surface area contributed by atoms with Crippen molar-refractivity contribution in [2.45, 2.75) is 0 Å². The third-order valence-electron chi connectivity index (χ3n) is 1.34. The van der Waals surface area contributed by atoms with Crippen molar-refractivity contribution in [1.82, 2.24) is 0 Å². The van der Waals surface area contributed by atoms with Gasteiger partial charge in [-0.1, -0.05) is 0 Å². The van der Waals surface area contributed by atoms with Gasteiger partial charge in [0.2, 0.25) is 0 Å². The minimum atomic E-state index is -5.68. The molecule has 10 nitrogen and oxygen atoms in total. The molecule has 0 aromatic carbocycles. The van der Waals surface area contributed by atoms with Crippen molar-refractivity contribution in [3.63, 3.8) is 0 Å². The molecule has 0 aliphatic carbocycles. The van der Waals surface area contributed by atoms with Gasteiger partial charge in [0.05, 0.1) is 0 Å². The second-order valence-corrected chi connectivity index (χ2v) is 7.87. The molecule has 0 aliphatic heterocycles. The average Bonchev–Trinajstić information content (AvgIpc) is 2.19. The molecule has 0 amide bonds. The molecule has 0 bridgehead atoms. The van der Waals surface area contributed by atoms with Crippen LogP contribution in [0.3, 0.4) is 0 Å². The van der Waals surface area contributed by atoms with Crippen molar-refractivity contribution in [2.24, 2.45) is 0 Å². The number of aliphatic hydroxyl groups excluding tert-OH is 5. The SMILES string of the molecule is OCO[As](OCO)(OCO)(OCO)OCO. The van der Waals surface area contributed by atoms with Gasteiger partial charge in [0.1, 0.15) is 0 Å². The fourth-order valence-corrected chi connectivity index (χ4v) is 4.39. The van der Waals surface area contributed by atoms with Crippen molar-refractivity contribution < 1.29 is 44.2 Å². The summed E-state index contributed by atoms with van der Waals surface area (Å²) < 4.78 is 22.9. The molecule has 0 rings (SSSR count). The van der Waals surface area contributed by atoms with Crippen molar-refractivity contribution in [3.05, 3.63) is 0 Å². The monoisotopic (exact) mass is 310 g/mol. The molecule has 0 saturated heterocycles. The van der Waals surface area contributed by atoms with E-state index in [2.05, 4.69) is 18.6 Å². The Morgan fingerprint density at radius 3 is 0.812 bits per heavy atom. The van der Waals surface area contributed by atoms with Crippen LogP contribution in [0.25, 0.3) is 0 Å². The molecule has 0 atom stereocenters. The first-order chi connectivity index (χ1) is 7.62. The summed E-state index contributed by atoms with van der Waals surface area (Å²) in [7, 11) is 0. The molecule has 0 unspecified atom stereocenters. The molecular formula is C5H15AsO10. The Balaban J connectivity index is 5.09. The van der Waals surface area contributed by atoms with Crippen molar-refractivity contribution >= 4 is 14.2 Å². The summed E-state index contributed by atoms with van der Waals surface area (Å²) in [5.74, 6) is 0. The Labute approximate surface area is 92.9 Å². The molecular weight excluding hydrogens is 295 g/mol. The van der Waals surface area contributed by atoms with Crippen LogP contribution >= 0.6 is 0 Å². The summed E-state index contributed by atoms with van der Waals surface area (Å²) in [4.78, 5) is 0. The molecule has 100 valence electrons. The molecule has 0 spiro atoms. The van der Waals surface area contributed by atoms with Gasteiger partial charge in [0.25, 0.3) is 0 Å². The third-order valence-corrected chi connectivity index (χ3v) is 6.98. The van der Waals surface area contributed by atoms with E-state index in [4.69, 9.17) is 25.5 Å². The average molecular weight is 310 g/mol. The first-order valence-electron chi connectivity index (χ1n) is 3.94. The standard InChI is InChI=1S/C5H15AsO10/c7-1-12-6(13-2-8,14-3-9,15-4-10)16-5-11/h7-11H,1-5H2. The van der Waals surface area contributed by atoms with Crippen LogP contribution in [0.15, 0.2) is 0 Å². The zero-order valence-corrected chi connectivity index (χ0v) is 10.1. The van der Waals surface area contributed by atoms with Crippen LogP contribution in [0.4, 0.5) is 0 Å². The zero-order valence-electron chi connectivity index (χ0n) is 8.26. The molecule has 0 fully saturated rings. The summed E-state index contributed by atoms with van der Waals surface area (Å²) in [5, 5.41) is 43.2. The summed E-state index contributed by atoms with van der Waals surface area (Å²) in [6.07, 6.45) is 0. The number of rotatable bonds is 10. The van der Waals surface area contributed by atoms with Gasteiger partial charge >= 0.3 is 92.3 Å². The quantitative estimate of drug-likeness (QED) is 0.205. The Morgan fingerprint density at radius 1 is 0.500 bits per heavy atom. The first-order valence-corrected chi connectivity index (χ1v) is 7.77. The maximum absolute atomic E-state index is 8.65. The fourth-order valence-electron chi connectivity index (χ4n) is 0.844. The predicted molar refractivity (Wildman–Crippen MR) is 46.6 cm³/mol. The topological polar surface area (TPSA) is 147 Å². The number of aliphatic hydroxyl groups is 5. The van der Waals surface area contributed by atoms with Crippen LogP contribution in [0.5, 0.6) is 0 Å². The zero-order chi connectivity index (χ0) is 12.5. The van der Waals surface area contributed by atoms with Gasteiger partial charge in [-0.05, 0) is 0 Å². The van der Waals surface area contributed by atoms with Crippen LogP contribution in [-0.2, 0) is 18.6 Å². The van der Waals surface area contributed by atoms with Gasteiger partial charge in [0, 0.05) is 0 Å². The Hall–Kier alpha value is 0.158. The number of hydrogen-bond acceptors (Lipinski definition) is 10. The molecule has 0 saturated carbocycles. The van der Waals surface area contributed by atoms with E-state index < -0.39 is 48.1 Å². The Morgan fingerprint density at radius 2 is 0.688 bits per heavy atom. The molecule has 0 aromatic heterocycles. The van der Waals surface area contributed by atoms with Gasteiger partial charge in [-0.2, -0.15) is 0 Å². The molecule has 0 radical (unpaired) electrons. The van der Waals surface area contributed by atoms with Gasteiger partial charge in [-0.3, -0.25) is 0 Å². The van der Waals surface area contributed by atoms with E-state index in [0.717, 1.165) is 0 Å². The van der Waals surface area contributed by atoms with E-state index in [1.807, 2.05) is 0 Å². The summed E-state index contributed by atoms with van der Waals surface area (Å²) in [6, 6.07) is 0. The molecule has 11 heteroatoms. The van der Waals surface area contributed by atoms with Crippen LogP contribution < -0.4 is 0 Å². The predicted octanol–water partition coefficient (Wildman–Crippen LogP) is -3.30. The van der Waals surface area contributed by atoms with E-state index in [0.29, 0.717) is 0 Å². The summed E-state index contributed by atoms with van der Waals surface area (Å²) in [6.45, 7) is -5.04. The van der Waals surface area contributed by atoms with E-state index in [9.17, 15) is 0 Å². The number of hydrogen-bond donors (Lipinski definition) is 5. The van der Waals surface area contributed by atoms with Gasteiger partial charge in [-0.25, -0.2) is 0 Å². The van der Waals surface area contributed by atoms with Crippen molar-refractivity contribution in [2.75, 3.05) is 34.0 Å². The second kappa shape index (κ2) is 7.48. The minimum absolute atomic E-state index is 1.01. The Kier molecular flexibility index (Phi) is 7.55. The van der Waals surface area contributed by atoms with Gasteiger partial charge in [0.15, 0.2) is 0 Å². The van der Waals surface area contributed by atoms with Crippen LogP contribution in [0.2, 0.25) is 0 Å². The van der Waals surface area contributed by atoms with Gasteiger partial charge < -0.3 is 0 Å². The van der Waals surface area contributed by atoms with Gasteiger partial charge in [-0.15, -0.1) is 0 Å². The maximum atomic E-state index is 8.65. The molecule has 0 aliphatic rings. The van der Waals surface area contributed by atoms with E-state index in [-0.39, 0.29) is 0 Å². The van der Waals surface area contributed by atoms with Crippen molar-refractivity contribution in [1.29, 1.82) is 0 Å². The molecule has 0 aromatic rings. The second-order valence-electron chi connectivity index (χ2n) is 2.04. The third kappa shape index (κ3) is 3.87.